The average Bonchev–Trinajstić information content (AvgIpc) is 2.63. The summed E-state index contributed by atoms with van der Waals surface area (Å²) in [6.07, 6.45) is 0. The molecule has 1 aromatic rings. The van der Waals surface area contributed by atoms with Crippen molar-refractivity contribution in [1.29, 1.82) is 0 Å². The molecule has 0 unspecified atom stereocenters. The maximum Gasteiger partial charge on any atom is 0.192 e. The molecule has 1 aromatic heterocycles. The van der Waals surface area contributed by atoms with Crippen LogP contribution >= 0.6 is 11.3 Å². The van der Waals surface area contributed by atoms with Crippen molar-refractivity contribution in [2.24, 2.45) is 10.7 Å². The lowest BCUT2D eigenvalue weighted by Gasteiger charge is -2.24. The molecule has 0 aromatic carbocycles. The maximum absolute atomic E-state index is 6.01. The van der Waals surface area contributed by atoms with Gasteiger partial charge in [0.15, 0.2) is 5.96 Å². The van der Waals surface area contributed by atoms with E-state index in [9.17, 15) is 0 Å². The van der Waals surface area contributed by atoms with Gasteiger partial charge in [0.25, 0.3) is 0 Å². The molecular weight excluding hydrogens is 218 g/mol. The van der Waals surface area contributed by atoms with Crippen LogP contribution in [0.2, 0.25) is 0 Å². The minimum Gasteiger partial charge on any atom is -0.370 e. The van der Waals surface area contributed by atoms with Crippen molar-refractivity contribution >= 4 is 17.3 Å². The van der Waals surface area contributed by atoms with E-state index in [2.05, 4.69) is 55.1 Å². The highest BCUT2D eigenvalue weighted by molar-refractivity contribution is 7.09. The topological polar surface area (TPSA) is 41.6 Å². The summed E-state index contributed by atoms with van der Waals surface area (Å²) in [6, 6.07) is 4.18. The third-order valence-corrected chi connectivity index (χ3v) is 2.94. The standard InChI is InChI=1S/C12H21N3S/c1-5-15(9-10-7-6-8-16-10)11(13)14-12(2,3)4/h6-8H,5,9H2,1-4H3,(H2,13,14). The molecule has 0 aliphatic heterocycles. The fraction of sp³-hybridized carbons (Fsp3) is 0.583. The van der Waals surface area contributed by atoms with Crippen molar-refractivity contribution in [1.82, 2.24) is 4.90 Å². The Morgan fingerprint density at radius 3 is 2.62 bits per heavy atom. The monoisotopic (exact) mass is 239 g/mol. The highest BCUT2D eigenvalue weighted by Gasteiger charge is 2.12. The minimum absolute atomic E-state index is 0.118. The molecule has 0 amide bonds. The van der Waals surface area contributed by atoms with Gasteiger partial charge >= 0.3 is 0 Å². The Morgan fingerprint density at radius 1 is 1.50 bits per heavy atom. The zero-order chi connectivity index (χ0) is 12.2. The fourth-order valence-electron chi connectivity index (χ4n) is 1.36. The van der Waals surface area contributed by atoms with Crippen molar-refractivity contribution in [3.05, 3.63) is 22.4 Å². The third kappa shape index (κ3) is 4.23. The second-order valence-electron chi connectivity index (χ2n) is 4.73. The number of nitrogens with two attached hydrogens (primary N) is 1. The van der Waals surface area contributed by atoms with Crippen LogP contribution in [0.15, 0.2) is 22.5 Å². The number of hydrogen-bond donors (Lipinski definition) is 1. The minimum atomic E-state index is -0.118. The Bertz CT molecular complexity index is 336. The molecular formula is C12H21N3S. The Morgan fingerprint density at radius 2 is 2.19 bits per heavy atom. The third-order valence-electron chi connectivity index (χ3n) is 2.08. The van der Waals surface area contributed by atoms with E-state index in [0.29, 0.717) is 5.96 Å². The van der Waals surface area contributed by atoms with Gasteiger partial charge in [-0.05, 0) is 39.1 Å². The van der Waals surface area contributed by atoms with Crippen molar-refractivity contribution in [2.45, 2.75) is 39.8 Å². The predicted molar refractivity (Wildman–Crippen MR) is 71.8 cm³/mol. The molecule has 3 nitrogen and oxygen atoms in total. The predicted octanol–water partition coefficient (Wildman–Crippen LogP) is 2.68. The lowest BCUT2D eigenvalue weighted by atomic mass is 10.1. The molecule has 0 spiro atoms. The van der Waals surface area contributed by atoms with Crippen LogP contribution in [0, 0.1) is 0 Å². The van der Waals surface area contributed by atoms with Crippen LogP contribution in [0.4, 0.5) is 0 Å². The SMILES string of the molecule is CCN(Cc1cccs1)C(N)=NC(C)(C)C. The Balaban J connectivity index is 2.71. The molecule has 0 saturated heterocycles. The molecule has 0 bridgehead atoms. The van der Waals surface area contributed by atoms with E-state index in [1.807, 2.05) is 0 Å². The van der Waals surface area contributed by atoms with Gasteiger partial charge in [-0.2, -0.15) is 0 Å². The number of nitrogens with zero attached hydrogens (tertiary/aromatic N) is 2. The second-order valence-corrected chi connectivity index (χ2v) is 5.77. The second kappa shape index (κ2) is 5.34. The van der Waals surface area contributed by atoms with Crippen LogP contribution in [-0.4, -0.2) is 22.9 Å². The Labute approximate surface area is 102 Å². The molecule has 16 heavy (non-hydrogen) atoms. The Hall–Kier alpha value is -1.03. The van der Waals surface area contributed by atoms with Crippen molar-refractivity contribution in [3.8, 4) is 0 Å². The van der Waals surface area contributed by atoms with Crippen LogP contribution in [0.3, 0.4) is 0 Å². The van der Waals surface area contributed by atoms with Crippen LogP contribution in [0.5, 0.6) is 0 Å². The molecule has 0 aliphatic carbocycles. The van der Waals surface area contributed by atoms with Crippen LogP contribution < -0.4 is 5.73 Å². The molecule has 90 valence electrons. The van der Waals surface area contributed by atoms with Crippen molar-refractivity contribution < 1.29 is 0 Å². The van der Waals surface area contributed by atoms with Crippen LogP contribution in [-0.2, 0) is 6.54 Å². The van der Waals surface area contributed by atoms with Crippen molar-refractivity contribution in [3.63, 3.8) is 0 Å². The van der Waals surface area contributed by atoms with Gasteiger partial charge in [0.05, 0.1) is 12.1 Å². The van der Waals surface area contributed by atoms with Crippen LogP contribution in [0.1, 0.15) is 32.6 Å². The van der Waals surface area contributed by atoms with Crippen molar-refractivity contribution in [2.75, 3.05) is 6.54 Å². The molecule has 4 heteroatoms. The van der Waals surface area contributed by atoms with E-state index >= 15 is 0 Å². The van der Waals surface area contributed by atoms with E-state index in [4.69, 9.17) is 5.73 Å². The zero-order valence-corrected chi connectivity index (χ0v) is 11.3. The summed E-state index contributed by atoms with van der Waals surface area (Å²) in [5.41, 5.74) is 5.89. The number of guanidine groups is 1. The van der Waals surface area contributed by atoms with E-state index in [0.717, 1.165) is 13.1 Å². The number of hydrogen-bond acceptors (Lipinski definition) is 2. The summed E-state index contributed by atoms with van der Waals surface area (Å²) in [6.45, 7) is 9.98. The van der Waals surface area contributed by atoms with Gasteiger partial charge in [-0.1, -0.05) is 6.07 Å². The molecule has 1 rings (SSSR count). The van der Waals surface area contributed by atoms with E-state index in [1.54, 1.807) is 11.3 Å². The van der Waals surface area contributed by atoms with E-state index < -0.39 is 0 Å². The Kier molecular flexibility index (Phi) is 4.35. The lowest BCUT2D eigenvalue weighted by Crippen LogP contribution is -2.38. The smallest absolute Gasteiger partial charge is 0.192 e. The molecule has 0 aliphatic rings. The van der Waals surface area contributed by atoms with Gasteiger partial charge in [-0.15, -0.1) is 11.3 Å². The van der Waals surface area contributed by atoms with Gasteiger partial charge in [-0.3, -0.25) is 0 Å². The highest BCUT2D eigenvalue weighted by Crippen LogP contribution is 2.13. The number of rotatable bonds is 3. The van der Waals surface area contributed by atoms with Gasteiger partial charge in [-0.25, -0.2) is 4.99 Å². The maximum atomic E-state index is 6.01. The first-order valence-electron chi connectivity index (χ1n) is 5.55. The van der Waals surface area contributed by atoms with E-state index in [1.165, 1.54) is 4.88 Å². The molecule has 0 fully saturated rings. The van der Waals surface area contributed by atoms with Gasteiger partial charge in [0.1, 0.15) is 0 Å². The first-order chi connectivity index (χ1) is 7.42. The lowest BCUT2D eigenvalue weighted by molar-refractivity contribution is 0.423. The summed E-state index contributed by atoms with van der Waals surface area (Å²) in [5, 5.41) is 2.08. The van der Waals surface area contributed by atoms with Crippen LogP contribution in [0.25, 0.3) is 0 Å². The number of aliphatic imine (C=N–C) groups is 1. The van der Waals surface area contributed by atoms with Gasteiger partial charge in [0.2, 0.25) is 0 Å². The average molecular weight is 239 g/mol. The fourth-order valence-corrected chi connectivity index (χ4v) is 2.08. The summed E-state index contributed by atoms with van der Waals surface area (Å²) < 4.78 is 0. The zero-order valence-electron chi connectivity index (χ0n) is 10.5. The van der Waals surface area contributed by atoms with Gasteiger partial charge < -0.3 is 10.6 Å². The normalized spacial score (nSPS) is 12.9. The van der Waals surface area contributed by atoms with E-state index in [-0.39, 0.29) is 5.54 Å². The summed E-state index contributed by atoms with van der Waals surface area (Å²) in [5.74, 6) is 0.628. The quantitative estimate of drug-likeness (QED) is 0.651. The largest absolute Gasteiger partial charge is 0.370 e. The summed E-state index contributed by atoms with van der Waals surface area (Å²) in [7, 11) is 0. The molecule has 2 N–H and O–H groups in total. The van der Waals surface area contributed by atoms with Gasteiger partial charge in [0, 0.05) is 11.4 Å². The number of thiophene rings is 1. The molecule has 0 atom stereocenters. The summed E-state index contributed by atoms with van der Waals surface area (Å²) >= 11 is 1.75. The first-order valence-corrected chi connectivity index (χ1v) is 6.43. The highest BCUT2D eigenvalue weighted by atomic mass is 32.1. The molecule has 0 saturated carbocycles. The summed E-state index contributed by atoms with van der Waals surface area (Å²) in [4.78, 5) is 7.89. The molecule has 0 radical (unpaired) electrons. The first kappa shape index (κ1) is 13.0. The molecule has 1 heterocycles.